The van der Waals surface area contributed by atoms with Gasteiger partial charge in [0.1, 0.15) is 0 Å². The van der Waals surface area contributed by atoms with Gasteiger partial charge < -0.3 is 13.8 Å². The van der Waals surface area contributed by atoms with Crippen LogP contribution in [-0.2, 0) is 23.1 Å². The van der Waals surface area contributed by atoms with E-state index in [1.165, 1.54) is 19.3 Å². The number of rotatable bonds is 7. The Bertz CT molecular complexity index is 432. The van der Waals surface area contributed by atoms with Gasteiger partial charge in [0.05, 0.1) is 19.8 Å². The molecule has 1 saturated carbocycles. The minimum absolute atomic E-state index is 0.108. The molecule has 0 amide bonds. The van der Waals surface area contributed by atoms with Crippen molar-refractivity contribution in [3.8, 4) is 0 Å². The molecule has 128 valence electrons. The highest BCUT2D eigenvalue weighted by Gasteiger charge is 2.36. The lowest BCUT2D eigenvalue weighted by Gasteiger charge is -2.38. The second-order valence-electron chi connectivity index (χ2n) is 6.27. The molecule has 0 aromatic heterocycles. The van der Waals surface area contributed by atoms with Crippen molar-refractivity contribution >= 4 is 13.6 Å². The Labute approximate surface area is 133 Å². The topological polar surface area (TPSA) is 61.8 Å². The minimum Gasteiger partial charge on any atom is -0.466 e. The Kier molecular flexibility index (Phi) is 7.81. The molecule has 6 heteroatoms. The van der Waals surface area contributed by atoms with Gasteiger partial charge in [-0.25, -0.2) is 4.79 Å². The average molecular weight is 332 g/mol. The van der Waals surface area contributed by atoms with Crippen molar-refractivity contribution in [1.29, 1.82) is 0 Å². The van der Waals surface area contributed by atoms with Crippen LogP contribution >= 0.6 is 7.60 Å². The fourth-order valence-corrected chi connectivity index (χ4v) is 4.43. The van der Waals surface area contributed by atoms with E-state index in [4.69, 9.17) is 9.05 Å². The first-order valence-corrected chi connectivity index (χ1v) is 9.62. The summed E-state index contributed by atoms with van der Waals surface area (Å²) in [6.07, 6.45) is 4.11. The largest absolute Gasteiger partial charge is 0.466 e. The van der Waals surface area contributed by atoms with Crippen molar-refractivity contribution in [2.45, 2.75) is 53.1 Å². The van der Waals surface area contributed by atoms with Crippen molar-refractivity contribution in [2.75, 3.05) is 13.7 Å². The van der Waals surface area contributed by atoms with E-state index < -0.39 is 13.6 Å². The van der Waals surface area contributed by atoms with E-state index in [1.807, 2.05) is 0 Å². The van der Waals surface area contributed by atoms with Gasteiger partial charge in [0.25, 0.3) is 0 Å². The Hall–Kier alpha value is -0.640. The first-order chi connectivity index (χ1) is 10.3. The van der Waals surface area contributed by atoms with Gasteiger partial charge in [-0.05, 0) is 37.5 Å². The predicted molar refractivity (Wildman–Crippen MR) is 86.6 cm³/mol. The van der Waals surface area contributed by atoms with Crippen LogP contribution < -0.4 is 0 Å². The summed E-state index contributed by atoms with van der Waals surface area (Å²) in [6.45, 7) is 8.52. The zero-order chi connectivity index (χ0) is 16.8. The molecule has 1 aliphatic carbocycles. The second kappa shape index (κ2) is 8.85. The van der Waals surface area contributed by atoms with Gasteiger partial charge in [-0.15, -0.1) is 0 Å². The van der Waals surface area contributed by atoms with E-state index in [0.717, 1.165) is 18.9 Å². The highest BCUT2D eigenvalue weighted by molar-refractivity contribution is 7.57. The molecule has 0 N–H and O–H groups in total. The maximum Gasteiger partial charge on any atom is 0.354 e. The fraction of sp³-hybridized carbons (Fsp3) is 0.812. The molecule has 0 spiro atoms. The summed E-state index contributed by atoms with van der Waals surface area (Å²) in [5, 5.41) is 0. The maximum absolute atomic E-state index is 12.8. The standard InChI is InChI=1S/C16H29O5P/c1-6-20-22(18,10-9-16(17)19-5)21-15-11-13(4)7-8-14(15)12(2)3/h9-10,12-15H,6-8,11H2,1-5H3/b10-9+/t13-,14+,15-,22?/m1/s1. The number of methoxy groups -OCH3 is 1. The number of hydrogen-bond donors (Lipinski definition) is 0. The molecule has 0 aliphatic heterocycles. The number of ether oxygens (including phenoxy) is 1. The van der Waals surface area contributed by atoms with Crippen LogP contribution in [0, 0.1) is 17.8 Å². The number of hydrogen-bond acceptors (Lipinski definition) is 5. The smallest absolute Gasteiger partial charge is 0.354 e. The number of carbonyl (C=O) groups is 1. The average Bonchev–Trinajstić information content (AvgIpc) is 2.44. The third kappa shape index (κ3) is 5.86. The summed E-state index contributed by atoms with van der Waals surface area (Å²) in [5.41, 5.74) is 0. The predicted octanol–water partition coefficient (Wildman–Crippen LogP) is 4.38. The molecule has 4 atom stereocenters. The van der Waals surface area contributed by atoms with Crippen LogP contribution in [0.5, 0.6) is 0 Å². The van der Waals surface area contributed by atoms with Gasteiger partial charge in [0.15, 0.2) is 0 Å². The van der Waals surface area contributed by atoms with Crippen molar-refractivity contribution in [1.82, 2.24) is 0 Å². The zero-order valence-electron chi connectivity index (χ0n) is 14.3. The lowest BCUT2D eigenvalue weighted by molar-refractivity contribution is -0.134. The molecule has 1 aliphatic rings. The van der Waals surface area contributed by atoms with Gasteiger partial charge in [-0.2, -0.15) is 0 Å². The highest BCUT2D eigenvalue weighted by atomic mass is 31.2. The van der Waals surface area contributed by atoms with E-state index in [9.17, 15) is 9.36 Å². The first kappa shape index (κ1) is 19.4. The van der Waals surface area contributed by atoms with Crippen molar-refractivity contribution < 1.29 is 23.1 Å². The summed E-state index contributed by atoms with van der Waals surface area (Å²) in [5.74, 6) is 2.01. The third-order valence-corrected chi connectivity index (χ3v) is 5.84. The van der Waals surface area contributed by atoms with Crippen LogP contribution in [0.3, 0.4) is 0 Å². The molecule has 0 aromatic carbocycles. The van der Waals surface area contributed by atoms with E-state index >= 15 is 0 Å². The van der Waals surface area contributed by atoms with Gasteiger partial charge in [0.2, 0.25) is 0 Å². The molecule has 22 heavy (non-hydrogen) atoms. The summed E-state index contributed by atoms with van der Waals surface area (Å²) in [4.78, 5) is 11.2. The molecular formula is C16H29O5P. The van der Waals surface area contributed by atoms with E-state index in [1.54, 1.807) is 6.92 Å². The maximum atomic E-state index is 12.8. The van der Waals surface area contributed by atoms with Crippen molar-refractivity contribution in [3.05, 3.63) is 11.9 Å². The van der Waals surface area contributed by atoms with Crippen molar-refractivity contribution in [2.24, 2.45) is 17.8 Å². The normalized spacial score (nSPS) is 28.7. The van der Waals surface area contributed by atoms with Crippen LogP contribution in [0.4, 0.5) is 0 Å². The van der Waals surface area contributed by atoms with Crippen LogP contribution in [0.1, 0.15) is 47.0 Å². The van der Waals surface area contributed by atoms with Crippen molar-refractivity contribution in [3.63, 3.8) is 0 Å². The quantitative estimate of drug-likeness (QED) is 0.393. The molecule has 1 unspecified atom stereocenters. The van der Waals surface area contributed by atoms with E-state index in [0.29, 0.717) is 17.8 Å². The Morgan fingerprint density at radius 1 is 1.36 bits per heavy atom. The summed E-state index contributed by atoms with van der Waals surface area (Å²) >= 11 is 0. The Balaban J connectivity index is 2.88. The van der Waals surface area contributed by atoms with Gasteiger partial charge >= 0.3 is 13.6 Å². The SMILES string of the molecule is CCOP(=O)(/C=C/C(=O)OC)O[C@@H]1C[C@H](C)CC[C@H]1C(C)C. The van der Waals surface area contributed by atoms with Crippen LogP contribution in [0.25, 0.3) is 0 Å². The lowest BCUT2D eigenvalue weighted by Crippen LogP contribution is -2.33. The summed E-state index contributed by atoms with van der Waals surface area (Å²) < 4.78 is 28.6. The highest BCUT2D eigenvalue weighted by Crippen LogP contribution is 2.54. The van der Waals surface area contributed by atoms with Gasteiger partial charge in [0, 0.05) is 11.9 Å². The molecular weight excluding hydrogens is 303 g/mol. The molecule has 1 rings (SSSR count). The van der Waals surface area contributed by atoms with Crippen LogP contribution in [0.15, 0.2) is 11.9 Å². The molecule has 0 radical (unpaired) electrons. The number of carbonyl (C=O) groups excluding carboxylic acids is 1. The molecule has 0 saturated heterocycles. The van der Waals surface area contributed by atoms with Gasteiger partial charge in [-0.1, -0.05) is 27.2 Å². The monoisotopic (exact) mass is 332 g/mol. The molecule has 5 nitrogen and oxygen atoms in total. The fourth-order valence-electron chi connectivity index (χ4n) is 2.93. The lowest BCUT2D eigenvalue weighted by atomic mass is 9.75. The Morgan fingerprint density at radius 3 is 2.59 bits per heavy atom. The minimum atomic E-state index is -3.44. The Morgan fingerprint density at radius 2 is 2.05 bits per heavy atom. The first-order valence-electron chi connectivity index (χ1n) is 8.01. The van der Waals surface area contributed by atoms with Gasteiger partial charge in [-0.3, -0.25) is 4.57 Å². The third-order valence-electron chi connectivity index (χ3n) is 4.15. The second-order valence-corrected chi connectivity index (χ2v) is 8.11. The summed E-state index contributed by atoms with van der Waals surface area (Å²) in [6, 6.07) is 0. The van der Waals surface area contributed by atoms with Crippen LogP contribution in [0.2, 0.25) is 0 Å². The zero-order valence-corrected chi connectivity index (χ0v) is 15.2. The summed E-state index contributed by atoms with van der Waals surface area (Å²) in [7, 11) is -2.17. The molecule has 1 fully saturated rings. The number of esters is 1. The van der Waals surface area contributed by atoms with E-state index in [2.05, 4.69) is 25.5 Å². The van der Waals surface area contributed by atoms with Crippen LogP contribution in [-0.4, -0.2) is 25.8 Å². The molecule has 0 heterocycles. The van der Waals surface area contributed by atoms with E-state index in [-0.39, 0.29) is 12.7 Å². The molecule has 0 aromatic rings. The molecule has 0 bridgehead atoms.